The van der Waals surface area contributed by atoms with Gasteiger partial charge in [0.25, 0.3) is 0 Å². The molecular formula is C25H29N3O2. The Morgan fingerprint density at radius 2 is 1.77 bits per heavy atom. The van der Waals surface area contributed by atoms with Crippen molar-refractivity contribution < 1.29 is 9.59 Å². The zero-order valence-electron chi connectivity index (χ0n) is 17.4. The van der Waals surface area contributed by atoms with Crippen LogP contribution in [0.4, 0.5) is 0 Å². The molecule has 0 unspecified atom stereocenters. The third-order valence-electron chi connectivity index (χ3n) is 6.31. The molecule has 30 heavy (non-hydrogen) atoms. The molecule has 1 aliphatic heterocycles. The maximum atomic E-state index is 13.2. The standard InChI is InChI=1S/C25H29N3O2/c1-2-14-27-15-16-28(24(29)22-4-3-5-22)18-23(25(27)30)17-19-6-8-20(9-7-19)21-10-12-26-13-11-21/h2,6-13,22-23H,1,3-5,14-18H2/t23-/m0/s1. The van der Waals surface area contributed by atoms with E-state index in [1.165, 1.54) is 0 Å². The molecule has 1 saturated heterocycles. The summed E-state index contributed by atoms with van der Waals surface area (Å²) in [5, 5.41) is 0. The highest BCUT2D eigenvalue weighted by atomic mass is 16.2. The number of rotatable bonds is 6. The van der Waals surface area contributed by atoms with Crippen LogP contribution in [-0.2, 0) is 16.0 Å². The number of pyridine rings is 1. The van der Waals surface area contributed by atoms with E-state index in [-0.39, 0.29) is 23.7 Å². The van der Waals surface area contributed by atoms with Crippen LogP contribution >= 0.6 is 0 Å². The summed E-state index contributed by atoms with van der Waals surface area (Å²) in [6.07, 6.45) is 9.09. The largest absolute Gasteiger partial charge is 0.340 e. The van der Waals surface area contributed by atoms with Crippen LogP contribution in [0.3, 0.4) is 0 Å². The summed E-state index contributed by atoms with van der Waals surface area (Å²) in [7, 11) is 0. The smallest absolute Gasteiger partial charge is 0.228 e. The van der Waals surface area contributed by atoms with Crippen LogP contribution < -0.4 is 0 Å². The van der Waals surface area contributed by atoms with Crippen LogP contribution in [0.2, 0.25) is 0 Å². The number of nitrogens with zero attached hydrogens (tertiary/aromatic N) is 3. The fraction of sp³-hybridized carbons (Fsp3) is 0.400. The Kier molecular flexibility index (Phi) is 6.26. The maximum absolute atomic E-state index is 13.2. The molecule has 2 aliphatic rings. The van der Waals surface area contributed by atoms with Crippen molar-refractivity contribution in [2.24, 2.45) is 11.8 Å². The van der Waals surface area contributed by atoms with E-state index in [1.807, 2.05) is 21.9 Å². The van der Waals surface area contributed by atoms with Crippen molar-refractivity contribution in [1.29, 1.82) is 0 Å². The third kappa shape index (κ3) is 4.45. The van der Waals surface area contributed by atoms with Crippen molar-refractivity contribution >= 4 is 11.8 Å². The van der Waals surface area contributed by atoms with E-state index in [4.69, 9.17) is 0 Å². The monoisotopic (exact) mass is 403 g/mol. The number of hydrogen-bond donors (Lipinski definition) is 0. The highest BCUT2D eigenvalue weighted by Gasteiger charge is 2.35. The molecule has 2 aromatic rings. The molecule has 2 fully saturated rings. The first-order chi connectivity index (χ1) is 14.7. The Labute approximate surface area is 178 Å². The normalized spacial score (nSPS) is 19.9. The minimum absolute atomic E-state index is 0.122. The van der Waals surface area contributed by atoms with Crippen molar-refractivity contribution in [3.8, 4) is 11.1 Å². The molecular weight excluding hydrogens is 374 g/mol. The molecule has 2 heterocycles. The zero-order valence-corrected chi connectivity index (χ0v) is 17.4. The van der Waals surface area contributed by atoms with Gasteiger partial charge in [0.2, 0.25) is 11.8 Å². The van der Waals surface area contributed by atoms with E-state index < -0.39 is 0 Å². The minimum Gasteiger partial charge on any atom is -0.340 e. The first-order valence-electron chi connectivity index (χ1n) is 10.8. The van der Waals surface area contributed by atoms with Crippen LogP contribution in [0.1, 0.15) is 24.8 Å². The minimum atomic E-state index is -0.219. The van der Waals surface area contributed by atoms with E-state index in [1.54, 1.807) is 18.5 Å². The maximum Gasteiger partial charge on any atom is 0.228 e. The van der Waals surface area contributed by atoms with Gasteiger partial charge < -0.3 is 9.80 Å². The summed E-state index contributed by atoms with van der Waals surface area (Å²) in [5.41, 5.74) is 3.36. The van der Waals surface area contributed by atoms with Crippen LogP contribution in [0, 0.1) is 11.8 Å². The third-order valence-corrected chi connectivity index (χ3v) is 6.31. The van der Waals surface area contributed by atoms with Crippen LogP contribution in [0.25, 0.3) is 11.1 Å². The lowest BCUT2D eigenvalue weighted by atomic mass is 9.84. The topological polar surface area (TPSA) is 53.5 Å². The Bertz CT molecular complexity index is 890. The average Bonchev–Trinajstić information content (AvgIpc) is 2.88. The van der Waals surface area contributed by atoms with Gasteiger partial charge in [0.15, 0.2) is 0 Å². The molecule has 1 aromatic carbocycles. The van der Waals surface area contributed by atoms with Gasteiger partial charge in [0.1, 0.15) is 0 Å². The van der Waals surface area contributed by atoms with Gasteiger partial charge in [0.05, 0.1) is 5.92 Å². The molecule has 5 nitrogen and oxygen atoms in total. The fourth-order valence-corrected chi connectivity index (χ4v) is 4.31. The predicted molar refractivity (Wildman–Crippen MR) is 118 cm³/mol. The lowest BCUT2D eigenvalue weighted by molar-refractivity contribution is -0.138. The number of carbonyl (C=O) groups excluding carboxylic acids is 2. The average molecular weight is 404 g/mol. The van der Waals surface area contributed by atoms with E-state index in [0.29, 0.717) is 32.6 Å². The Hall–Kier alpha value is -2.95. The molecule has 0 N–H and O–H groups in total. The molecule has 2 amide bonds. The van der Waals surface area contributed by atoms with Gasteiger partial charge in [-0.15, -0.1) is 6.58 Å². The molecule has 4 rings (SSSR count). The summed E-state index contributed by atoms with van der Waals surface area (Å²) in [6, 6.07) is 12.3. The molecule has 0 spiro atoms. The van der Waals surface area contributed by atoms with Gasteiger partial charge in [0, 0.05) is 44.5 Å². The van der Waals surface area contributed by atoms with E-state index in [0.717, 1.165) is 36.0 Å². The molecule has 156 valence electrons. The van der Waals surface area contributed by atoms with Crippen molar-refractivity contribution in [3.05, 3.63) is 67.0 Å². The van der Waals surface area contributed by atoms with Crippen molar-refractivity contribution in [2.75, 3.05) is 26.2 Å². The number of aromatic nitrogens is 1. The van der Waals surface area contributed by atoms with Crippen molar-refractivity contribution in [3.63, 3.8) is 0 Å². The van der Waals surface area contributed by atoms with Gasteiger partial charge in [-0.1, -0.05) is 36.8 Å². The molecule has 5 heteroatoms. The van der Waals surface area contributed by atoms with Gasteiger partial charge in [-0.05, 0) is 48.1 Å². The zero-order chi connectivity index (χ0) is 20.9. The van der Waals surface area contributed by atoms with Crippen LogP contribution in [0.5, 0.6) is 0 Å². The SMILES string of the molecule is C=CCN1CCN(C(=O)C2CCC2)C[C@H](Cc2ccc(-c3ccncc3)cc2)C1=O. The van der Waals surface area contributed by atoms with E-state index in [9.17, 15) is 9.59 Å². The second-order valence-electron chi connectivity index (χ2n) is 8.32. The second-order valence-corrected chi connectivity index (χ2v) is 8.32. The lowest BCUT2D eigenvalue weighted by Gasteiger charge is -2.31. The van der Waals surface area contributed by atoms with E-state index >= 15 is 0 Å². The molecule has 1 aromatic heterocycles. The van der Waals surface area contributed by atoms with Crippen molar-refractivity contribution in [2.45, 2.75) is 25.7 Å². The summed E-state index contributed by atoms with van der Waals surface area (Å²) in [6.45, 7) is 6.03. The summed E-state index contributed by atoms with van der Waals surface area (Å²) < 4.78 is 0. The summed E-state index contributed by atoms with van der Waals surface area (Å²) in [5.74, 6) is 0.291. The number of carbonyl (C=O) groups is 2. The molecule has 1 atom stereocenters. The Morgan fingerprint density at radius 3 is 2.40 bits per heavy atom. The first-order valence-corrected chi connectivity index (χ1v) is 10.8. The molecule has 0 bridgehead atoms. The first kappa shape index (κ1) is 20.3. The summed E-state index contributed by atoms with van der Waals surface area (Å²) >= 11 is 0. The fourth-order valence-electron chi connectivity index (χ4n) is 4.31. The lowest BCUT2D eigenvalue weighted by Crippen LogP contribution is -2.42. The quantitative estimate of drug-likeness (QED) is 0.693. The van der Waals surface area contributed by atoms with Crippen molar-refractivity contribution in [1.82, 2.24) is 14.8 Å². The molecule has 1 saturated carbocycles. The number of amides is 2. The highest BCUT2D eigenvalue weighted by molar-refractivity contribution is 5.83. The number of benzene rings is 1. The van der Waals surface area contributed by atoms with Gasteiger partial charge in [-0.3, -0.25) is 14.6 Å². The number of hydrogen-bond acceptors (Lipinski definition) is 3. The van der Waals surface area contributed by atoms with E-state index in [2.05, 4.69) is 35.8 Å². The van der Waals surface area contributed by atoms with Gasteiger partial charge in [-0.2, -0.15) is 0 Å². The predicted octanol–water partition coefficient (Wildman–Crippen LogP) is 3.56. The molecule has 0 radical (unpaired) electrons. The van der Waals surface area contributed by atoms with Crippen LogP contribution in [-0.4, -0.2) is 52.8 Å². The Morgan fingerprint density at radius 1 is 1.07 bits per heavy atom. The second kappa shape index (κ2) is 9.24. The van der Waals surface area contributed by atoms with Gasteiger partial charge in [-0.25, -0.2) is 0 Å². The Balaban J connectivity index is 1.50. The van der Waals surface area contributed by atoms with Crippen LogP contribution in [0.15, 0.2) is 61.4 Å². The van der Waals surface area contributed by atoms with Gasteiger partial charge >= 0.3 is 0 Å². The summed E-state index contributed by atoms with van der Waals surface area (Å²) in [4.78, 5) is 33.9. The highest BCUT2D eigenvalue weighted by Crippen LogP contribution is 2.29. The molecule has 1 aliphatic carbocycles.